The molecule has 0 aliphatic carbocycles. The number of carbonyl (C=O) groups is 1. The van der Waals surface area contributed by atoms with Crippen molar-refractivity contribution in [3.8, 4) is 5.69 Å². The van der Waals surface area contributed by atoms with Gasteiger partial charge in [-0.25, -0.2) is 13.1 Å². The molecule has 0 saturated heterocycles. The Morgan fingerprint density at radius 1 is 1.36 bits per heavy atom. The lowest BCUT2D eigenvalue weighted by Crippen LogP contribution is -2.34. The Labute approximate surface area is 133 Å². The molecule has 8 heteroatoms. The average molecular weight is 342 g/mol. The third-order valence-corrected chi connectivity index (χ3v) is 5.80. The smallest absolute Gasteiger partial charge is 0.235 e. The van der Waals surface area contributed by atoms with E-state index >= 15 is 0 Å². The normalized spacial score (nSPS) is 13.0. The number of carbonyl (C=O) groups excluding carboxylic acids is 1. The average Bonchev–Trinajstić information content (AvgIpc) is 2.75. The largest absolute Gasteiger partial charge is 0.369 e. The van der Waals surface area contributed by atoms with Gasteiger partial charge in [-0.2, -0.15) is 5.10 Å². The topological polar surface area (TPSA) is 95.1 Å². The number of nitrogens with zero attached hydrogens (tertiary/aromatic N) is 2. The number of aromatic nitrogens is 2. The van der Waals surface area contributed by atoms with Crippen LogP contribution in [0.3, 0.4) is 0 Å². The van der Waals surface area contributed by atoms with Crippen LogP contribution in [0.2, 0.25) is 5.15 Å². The summed E-state index contributed by atoms with van der Waals surface area (Å²) in [7, 11) is -3.74. The minimum absolute atomic E-state index is 0.212. The molecule has 1 aromatic heterocycles. The summed E-state index contributed by atoms with van der Waals surface area (Å²) in [5.74, 6) is -1.27. The molecular weight excluding hydrogens is 326 g/mol. The minimum Gasteiger partial charge on any atom is -0.369 e. The van der Waals surface area contributed by atoms with Crippen molar-refractivity contribution in [2.45, 2.75) is 24.9 Å². The number of benzene rings is 1. The van der Waals surface area contributed by atoms with Crippen LogP contribution in [0.25, 0.3) is 5.69 Å². The Morgan fingerprint density at radius 2 is 1.95 bits per heavy atom. The van der Waals surface area contributed by atoms with Gasteiger partial charge in [0.25, 0.3) is 0 Å². The second-order valence-corrected chi connectivity index (χ2v) is 7.63. The SMILES string of the molecule is Cc1nn(-c2ccccc2)c(Cl)c1CS(=O)(=O)[C@@H](C)C(N)=O. The summed E-state index contributed by atoms with van der Waals surface area (Å²) in [6.45, 7) is 2.94. The van der Waals surface area contributed by atoms with Gasteiger partial charge in [0.1, 0.15) is 10.4 Å². The first-order valence-corrected chi connectivity index (χ1v) is 8.63. The summed E-state index contributed by atoms with van der Waals surface area (Å²) >= 11 is 6.27. The van der Waals surface area contributed by atoms with Crippen molar-refractivity contribution in [1.82, 2.24) is 9.78 Å². The van der Waals surface area contributed by atoms with Gasteiger partial charge in [-0.1, -0.05) is 29.8 Å². The molecule has 22 heavy (non-hydrogen) atoms. The summed E-state index contributed by atoms with van der Waals surface area (Å²) < 4.78 is 25.9. The Morgan fingerprint density at radius 3 is 2.50 bits per heavy atom. The lowest BCUT2D eigenvalue weighted by atomic mass is 10.3. The fraction of sp³-hybridized carbons (Fsp3) is 0.286. The molecule has 0 spiro atoms. The molecule has 0 aliphatic heterocycles. The number of amides is 1. The number of aryl methyl sites for hydroxylation is 1. The monoisotopic (exact) mass is 341 g/mol. The summed E-state index contributed by atoms with van der Waals surface area (Å²) in [5.41, 5.74) is 6.67. The van der Waals surface area contributed by atoms with E-state index in [0.29, 0.717) is 11.3 Å². The van der Waals surface area contributed by atoms with Crippen molar-refractivity contribution < 1.29 is 13.2 Å². The summed E-state index contributed by atoms with van der Waals surface area (Å²) in [6.07, 6.45) is 0. The fourth-order valence-electron chi connectivity index (χ4n) is 1.94. The highest BCUT2D eigenvalue weighted by Crippen LogP contribution is 2.26. The molecule has 0 bridgehead atoms. The van der Waals surface area contributed by atoms with Crippen molar-refractivity contribution >= 4 is 27.3 Å². The number of rotatable bonds is 5. The van der Waals surface area contributed by atoms with Gasteiger partial charge in [0.05, 0.1) is 17.1 Å². The van der Waals surface area contributed by atoms with E-state index in [9.17, 15) is 13.2 Å². The van der Waals surface area contributed by atoms with Gasteiger partial charge in [-0.3, -0.25) is 4.79 Å². The van der Waals surface area contributed by atoms with E-state index in [1.54, 1.807) is 6.92 Å². The number of sulfone groups is 1. The molecule has 1 amide bonds. The van der Waals surface area contributed by atoms with Gasteiger partial charge in [-0.15, -0.1) is 0 Å². The Kier molecular flexibility index (Phi) is 4.58. The molecule has 1 atom stereocenters. The van der Waals surface area contributed by atoms with Crippen LogP contribution in [0.5, 0.6) is 0 Å². The molecule has 2 rings (SSSR count). The summed E-state index contributed by atoms with van der Waals surface area (Å²) in [4.78, 5) is 11.1. The zero-order chi connectivity index (χ0) is 16.5. The molecule has 0 radical (unpaired) electrons. The van der Waals surface area contributed by atoms with Gasteiger partial charge in [0, 0.05) is 5.56 Å². The number of nitrogens with two attached hydrogens (primary N) is 1. The van der Waals surface area contributed by atoms with Crippen LogP contribution in [0.4, 0.5) is 0 Å². The van der Waals surface area contributed by atoms with Crippen molar-refractivity contribution in [3.05, 3.63) is 46.7 Å². The van der Waals surface area contributed by atoms with Crippen molar-refractivity contribution in [3.63, 3.8) is 0 Å². The van der Waals surface area contributed by atoms with Crippen LogP contribution in [0.15, 0.2) is 30.3 Å². The molecule has 1 heterocycles. The van der Waals surface area contributed by atoms with Crippen LogP contribution in [0.1, 0.15) is 18.2 Å². The molecule has 1 aromatic carbocycles. The first kappa shape index (κ1) is 16.5. The first-order chi connectivity index (χ1) is 10.2. The van der Waals surface area contributed by atoms with Crippen molar-refractivity contribution in [2.75, 3.05) is 0 Å². The highest BCUT2D eigenvalue weighted by molar-refractivity contribution is 7.92. The summed E-state index contributed by atoms with van der Waals surface area (Å²) in [6, 6.07) is 9.13. The molecule has 2 N–H and O–H groups in total. The van der Waals surface area contributed by atoms with Gasteiger partial charge in [0.2, 0.25) is 5.91 Å². The molecule has 0 saturated carbocycles. The van der Waals surface area contributed by atoms with Crippen LogP contribution < -0.4 is 5.73 Å². The van der Waals surface area contributed by atoms with E-state index in [-0.39, 0.29) is 10.9 Å². The van der Waals surface area contributed by atoms with Crippen LogP contribution in [0, 0.1) is 6.92 Å². The minimum atomic E-state index is -3.74. The maximum atomic E-state index is 12.2. The molecular formula is C14H16ClN3O3S. The van der Waals surface area contributed by atoms with Gasteiger partial charge in [-0.05, 0) is 26.0 Å². The Hall–Kier alpha value is -1.86. The van der Waals surface area contributed by atoms with Crippen LogP contribution in [-0.2, 0) is 20.4 Å². The second kappa shape index (κ2) is 6.10. The maximum Gasteiger partial charge on any atom is 0.235 e. The molecule has 0 fully saturated rings. The van der Waals surface area contributed by atoms with Crippen molar-refractivity contribution in [2.24, 2.45) is 5.73 Å². The standard InChI is InChI=1S/C14H16ClN3O3S/c1-9-12(8-22(20,21)10(2)14(16)19)13(15)18(17-9)11-6-4-3-5-7-11/h3-7,10H,8H2,1-2H3,(H2,16,19)/t10-/m0/s1. The van der Waals surface area contributed by atoms with Gasteiger partial charge in [0.15, 0.2) is 9.84 Å². The molecule has 6 nitrogen and oxygen atoms in total. The third-order valence-electron chi connectivity index (χ3n) is 3.41. The zero-order valence-electron chi connectivity index (χ0n) is 12.2. The Balaban J connectivity index is 2.43. The van der Waals surface area contributed by atoms with Crippen LogP contribution in [-0.4, -0.2) is 29.4 Å². The molecule has 118 valence electrons. The van der Waals surface area contributed by atoms with E-state index in [0.717, 1.165) is 5.69 Å². The quantitative estimate of drug-likeness (QED) is 0.894. The number of primary amides is 1. The van der Waals surface area contributed by atoms with E-state index in [1.165, 1.54) is 11.6 Å². The maximum absolute atomic E-state index is 12.2. The molecule has 2 aromatic rings. The van der Waals surface area contributed by atoms with Gasteiger partial charge < -0.3 is 5.73 Å². The molecule has 0 unspecified atom stereocenters. The number of hydrogen-bond donors (Lipinski definition) is 1. The lowest BCUT2D eigenvalue weighted by Gasteiger charge is -2.09. The predicted octanol–water partition coefficient (Wildman–Crippen LogP) is 1.62. The first-order valence-electron chi connectivity index (χ1n) is 6.54. The number of halogens is 1. The second-order valence-electron chi connectivity index (χ2n) is 4.95. The van der Waals surface area contributed by atoms with E-state index in [1.807, 2.05) is 30.3 Å². The zero-order valence-corrected chi connectivity index (χ0v) is 13.7. The fourth-order valence-corrected chi connectivity index (χ4v) is 3.71. The predicted molar refractivity (Wildman–Crippen MR) is 84.6 cm³/mol. The number of para-hydroxylation sites is 1. The van der Waals surface area contributed by atoms with E-state index in [2.05, 4.69) is 5.10 Å². The highest BCUT2D eigenvalue weighted by atomic mass is 35.5. The Bertz CT molecular complexity index is 800. The molecule has 0 aliphatic rings. The van der Waals surface area contributed by atoms with Crippen molar-refractivity contribution in [1.29, 1.82) is 0 Å². The van der Waals surface area contributed by atoms with E-state index in [4.69, 9.17) is 17.3 Å². The van der Waals surface area contributed by atoms with Crippen LogP contribution >= 0.6 is 11.6 Å². The number of hydrogen-bond acceptors (Lipinski definition) is 4. The third kappa shape index (κ3) is 3.15. The lowest BCUT2D eigenvalue weighted by molar-refractivity contribution is -0.117. The van der Waals surface area contributed by atoms with E-state index < -0.39 is 21.0 Å². The summed E-state index contributed by atoms with van der Waals surface area (Å²) in [5, 5.41) is 3.21. The van der Waals surface area contributed by atoms with Gasteiger partial charge >= 0.3 is 0 Å². The highest BCUT2D eigenvalue weighted by Gasteiger charge is 2.29.